The fourth-order valence-corrected chi connectivity index (χ4v) is 2.20. The van der Waals surface area contributed by atoms with Gasteiger partial charge in [0.2, 0.25) is 0 Å². The van der Waals surface area contributed by atoms with Gasteiger partial charge in [0.15, 0.2) is 0 Å². The van der Waals surface area contributed by atoms with E-state index >= 15 is 0 Å². The quantitative estimate of drug-likeness (QED) is 0.138. The number of ether oxygens (including phenoxy) is 1. The number of hydrogen-bond donors (Lipinski definition) is 1. The molecule has 5 heteroatoms. The Morgan fingerprint density at radius 3 is 2.00 bits per heavy atom. The minimum Gasteiger partial charge on any atom is -0.478 e. The van der Waals surface area contributed by atoms with Gasteiger partial charge in [-0.2, -0.15) is 0 Å². The predicted octanol–water partition coefficient (Wildman–Crippen LogP) is 5.29. The lowest BCUT2D eigenvalue weighted by molar-refractivity contribution is -0.156. The van der Waals surface area contributed by atoms with Gasteiger partial charge < -0.3 is 9.84 Å². The van der Waals surface area contributed by atoms with E-state index in [4.69, 9.17) is 5.11 Å². The monoisotopic (exact) mass is 376 g/mol. The molecule has 0 radical (unpaired) electrons. The van der Waals surface area contributed by atoms with Gasteiger partial charge in [0.25, 0.3) is 0 Å². The van der Waals surface area contributed by atoms with Crippen LogP contribution in [0.1, 0.15) is 71.1 Å². The first-order chi connectivity index (χ1) is 13.1. The Morgan fingerprint density at radius 1 is 0.778 bits per heavy atom. The number of carbonyl (C=O) groups is 3. The van der Waals surface area contributed by atoms with E-state index in [0.717, 1.165) is 44.6 Å². The van der Waals surface area contributed by atoms with Crippen LogP contribution in [0, 0.1) is 0 Å². The summed E-state index contributed by atoms with van der Waals surface area (Å²) in [5.74, 6) is -2.82. The third kappa shape index (κ3) is 19.7. The summed E-state index contributed by atoms with van der Waals surface area (Å²) in [5.41, 5.74) is 0. The van der Waals surface area contributed by atoms with Gasteiger partial charge in [-0.3, -0.25) is 4.79 Å². The molecule has 0 heterocycles. The molecule has 0 spiro atoms. The first-order valence-corrected chi connectivity index (χ1v) is 9.70. The molecule has 0 bridgehead atoms. The lowest BCUT2D eigenvalue weighted by atomic mass is 10.1. The van der Waals surface area contributed by atoms with Crippen molar-refractivity contribution in [3.05, 3.63) is 48.6 Å². The number of aliphatic carboxylic acids is 1. The van der Waals surface area contributed by atoms with Crippen LogP contribution in [-0.4, -0.2) is 23.0 Å². The minimum atomic E-state index is -1.26. The van der Waals surface area contributed by atoms with Crippen LogP contribution in [0.5, 0.6) is 0 Å². The van der Waals surface area contributed by atoms with Gasteiger partial charge in [-0.1, -0.05) is 75.5 Å². The average molecular weight is 376 g/mol. The standard InChI is InChI=1S/C22H32O5/c1-2-3-4-5-6-7-8-9-10-11-12-13-14-15-16-17-21(25)27-22(26)19-18-20(23)24/h5-10,18-19H,2-4,11-17H2,1H3,(H,23,24)/b6-5+,8-7+,10-9-,19-18-. The highest BCUT2D eigenvalue weighted by Crippen LogP contribution is 2.08. The van der Waals surface area contributed by atoms with Gasteiger partial charge in [0.1, 0.15) is 0 Å². The van der Waals surface area contributed by atoms with Crippen LogP contribution in [0.4, 0.5) is 0 Å². The number of carbonyl (C=O) groups excluding carboxylic acids is 2. The molecule has 0 unspecified atom stereocenters. The van der Waals surface area contributed by atoms with Crippen LogP contribution in [0.2, 0.25) is 0 Å². The van der Waals surface area contributed by atoms with E-state index in [1.807, 2.05) is 12.2 Å². The van der Waals surface area contributed by atoms with E-state index in [1.165, 1.54) is 12.8 Å². The van der Waals surface area contributed by atoms with E-state index in [0.29, 0.717) is 12.5 Å². The topological polar surface area (TPSA) is 80.7 Å². The second kappa shape index (κ2) is 18.4. The maximum atomic E-state index is 11.4. The number of carboxylic acids is 1. The summed E-state index contributed by atoms with van der Waals surface area (Å²) in [6, 6.07) is 0. The van der Waals surface area contributed by atoms with E-state index in [-0.39, 0.29) is 6.42 Å². The fourth-order valence-electron chi connectivity index (χ4n) is 2.20. The van der Waals surface area contributed by atoms with E-state index in [9.17, 15) is 14.4 Å². The summed E-state index contributed by atoms with van der Waals surface area (Å²) in [7, 11) is 0. The first-order valence-electron chi connectivity index (χ1n) is 9.70. The van der Waals surface area contributed by atoms with Crippen molar-refractivity contribution in [1.29, 1.82) is 0 Å². The largest absolute Gasteiger partial charge is 0.478 e. The minimum absolute atomic E-state index is 0.170. The lowest BCUT2D eigenvalue weighted by Crippen LogP contribution is -2.10. The highest BCUT2D eigenvalue weighted by Gasteiger charge is 2.07. The van der Waals surface area contributed by atoms with Crippen molar-refractivity contribution in [3.63, 3.8) is 0 Å². The SMILES string of the molecule is CCCC/C=C/C=C/C=C\CCCCCCCC(=O)OC(=O)/C=C\C(=O)O. The molecule has 0 atom stereocenters. The number of allylic oxidation sites excluding steroid dienone is 6. The van der Waals surface area contributed by atoms with Gasteiger partial charge in [0, 0.05) is 18.6 Å². The van der Waals surface area contributed by atoms with Crippen molar-refractivity contribution >= 4 is 17.9 Å². The fraction of sp³-hybridized carbons (Fsp3) is 0.500. The Bertz CT molecular complexity index is 541. The third-order valence-electron chi connectivity index (χ3n) is 3.66. The number of carboxylic acid groups (broad SMARTS) is 1. The molecule has 0 aliphatic heterocycles. The zero-order chi connectivity index (χ0) is 20.2. The molecule has 0 aliphatic carbocycles. The molecule has 27 heavy (non-hydrogen) atoms. The number of unbranched alkanes of at least 4 members (excludes halogenated alkanes) is 7. The van der Waals surface area contributed by atoms with E-state index < -0.39 is 17.9 Å². The van der Waals surface area contributed by atoms with E-state index in [2.05, 4.69) is 36.0 Å². The molecule has 0 saturated heterocycles. The molecule has 1 N–H and O–H groups in total. The highest BCUT2D eigenvalue weighted by molar-refractivity contribution is 5.95. The summed E-state index contributed by atoms with van der Waals surface area (Å²) in [6.07, 6.45) is 23.6. The Morgan fingerprint density at radius 2 is 1.37 bits per heavy atom. The zero-order valence-electron chi connectivity index (χ0n) is 16.3. The van der Waals surface area contributed by atoms with Gasteiger partial charge in [-0.25, -0.2) is 9.59 Å². The lowest BCUT2D eigenvalue weighted by Gasteiger charge is -2.01. The molecule has 0 aromatic rings. The van der Waals surface area contributed by atoms with Crippen molar-refractivity contribution in [2.24, 2.45) is 0 Å². The summed E-state index contributed by atoms with van der Waals surface area (Å²) in [5, 5.41) is 8.36. The normalized spacial score (nSPS) is 11.9. The van der Waals surface area contributed by atoms with Crippen LogP contribution < -0.4 is 0 Å². The van der Waals surface area contributed by atoms with E-state index in [1.54, 1.807) is 0 Å². The highest BCUT2D eigenvalue weighted by atomic mass is 16.6. The van der Waals surface area contributed by atoms with Crippen LogP contribution in [-0.2, 0) is 19.1 Å². The second-order valence-electron chi connectivity index (χ2n) is 6.15. The Labute approximate surface area is 162 Å². The van der Waals surface area contributed by atoms with Crippen LogP contribution >= 0.6 is 0 Å². The van der Waals surface area contributed by atoms with Crippen molar-refractivity contribution in [1.82, 2.24) is 0 Å². The molecule has 0 aliphatic rings. The molecular formula is C22H32O5. The van der Waals surface area contributed by atoms with Crippen molar-refractivity contribution in [3.8, 4) is 0 Å². The molecule has 150 valence electrons. The van der Waals surface area contributed by atoms with Crippen molar-refractivity contribution in [2.75, 3.05) is 0 Å². The van der Waals surface area contributed by atoms with Crippen LogP contribution in [0.15, 0.2) is 48.6 Å². The zero-order valence-corrected chi connectivity index (χ0v) is 16.3. The average Bonchev–Trinajstić information content (AvgIpc) is 2.63. The van der Waals surface area contributed by atoms with Gasteiger partial charge in [-0.05, 0) is 25.7 Å². The first kappa shape index (κ1) is 24.6. The molecule has 0 rings (SSSR count). The molecule has 0 aromatic heterocycles. The maximum absolute atomic E-state index is 11.4. The molecule has 0 saturated carbocycles. The summed E-state index contributed by atoms with van der Waals surface area (Å²) in [6.45, 7) is 2.19. The Balaban J connectivity index is 3.53. The number of rotatable bonds is 15. The van der Waals surface area contributed by atoms with Crippen LogP contribution in [0.3, 0.4) is 0 Å². The number of esters is 2. The smallest absolute Gasteiger partial charge is 0.338 e. The second-order valence-corrected chi connectivity index (χ2v) is 6.15. The Hall–Kier alpha value is -2.43. The predicted molar refractivity (Wildman–Crippen MR) is 107 cm³/mol. The van der Waals surface area contributed by atoms with Crippen molar-refractivity contribution in [2.45, 2.75) is 71.1 Å². The van der Waals surface area contributed by atoms with Crippen LogP contribution in [0.25, 0.3) is 0 Å². The number of hydrogen-bond acceptors (Lipinski definition) is 4. The molecule has 5 nitrogen and oxygen atoms in total. The summed E-state index contributed by atoms with van der Waals surface area (Å²) >= 11 is 0. The summed E-state index contributed by atoms with van der Waals surface area (Å²) in [4.78, 5) is 32.7. The van der Waals surface area contributed by atoms with Gasteiger partial charge in [-0.15, -0.1) is 0 Å². The van der Waals surface area contributed by atoms with Gasteiger partial charge >= 0.3 is 17.9 Å². The maximum Gasteiger partial charge on any atom is 0.338 e. The molecular weight excluding hydrogens is 344 g/mol. The van der Waals surface area contributed by atoms with Gasteiger partial charge in [0.05, 0.1) is 0 Å². The third-order valence-corrected chi connectivity index (χ3v) is 3.66. The van der Waals surface area contributed by atoms with Crippen molar-refractivity contribution < 1.29 is 24.2 Å². The molecule has 0 amide bonds. The Kier molecular flexibility index (Phi) is 16.7. The molecule has 0 fully saturated rings. The summed E-state index contributed by atoms with van der Waals surface area (Å²) < 4.78 is 4.47. The molecule has 0 aromatic carbocycles.